The maximum absolute atomic E-state index is 9.51. The van der Waals surface area contributed by atoms with E-state index in [1.54, 1.807) is 0 Å². The zero-order valence-electron chi connectivity index (χ0n) is 29.8. The molecule has 0 aromatic heterocycles. The third-order valence-corrected chi connectivity index (χ3v) is 10.9. The van der Waals surface area contributed by atoms with Crippen molar-refractivity contribution in [3.63, 3.8) is 0 Å². The predicted molar refractivity (Wildman–Crippen MR) is 226 cm³/mol. The summed E-state index contributed by atoms with van der Waals surface area (Å²) in [5.41, 5.74) is 17.5. The van der Waals surface area contributed by atoms with Crippen LogP contribution in [0.15, 0.2) is 188 Å². The first-order chi connectivity index (χ1) is 26.7. The molecule has 0 radical (unpaired) electrons. The highest BCUT2D eigenvalue weighted by molar-refractivity contribution is 6.28. The lowest BCUT2D eigenvalue weighted by Crippen LogP contribution is -2.10. The molecule has 1 aliphatic carbocycles. The summed E-state index contributed by atoms with van der Waals surface area (Å²) in [6.07, 6.45) is 0. The number of aryl methyl sites for hydroxylation is 1. The fourth-order valence-electron chi connectivity index (χ4n) is 8.50. The minimum Gasteiger partial charge on any atom is -0.310 e. The van der Waals surface area contributed by atoms with Crippen molar-refractivity contribution in [2.24, 2.45) is 0 Å². The number of anilines is 3. The molecule has 0 amide bonds. The minimum absolute atomic E-state index is 0.643. The molecule has 0 unspecified atom stereocenters. The van der Waals surface area contributed by atoms with Gasteiger partial charge in [-0.15, -0.1) is 0 Å². The summed E-state index contributed by atoms with van der Waals surface area (Å²) in [6, 6.07) is 69.7. The molecular weight excluding hydrogens is 653 g/mol. The molecule has 2 nitrogen and oxygen atoms in total. The highest BCUT2D eigenvalue weighted by Crippen LogP contribution is 2.58. The Morgan fingerprint density at radius 3 is 1.50 bits per heavy atom. The normalized spacial score (nSPS) is 11.4. The summed E-state index contributed by atoms with van der Waals surface area (Å²) < 4.78 is 0. The summed E-state index contributed by atoms with van der Waals surface area (Å²) in [6.45, 7) is 2.11. The zero-order valence-corrected chi connectivity index (χ0v) is 29.8. The molecular formula is C52H34N2. The molecule has 0 heterocycles. The highest BCUT2D eigenvalue weighted by Gasteiger charge is 2.31. The molecule has 0 aliphatic heterocycles. The van der Waals surface area contributed by atoms with Crippen molar-refractivity contribution in [3.8, 4) is 61.7 Å². The van der Waals surface area contributed by atoms with Gasteiger partial charge in [0.05, 0.1) is 11.6 Å². The van der Waals surface area contributed by atoms with Gasteiger partial charge in [-0.2, -0.15) is 5.26 Å². The van der Waals surface area contributed by atoms with Gasteiger partial charge in [-0.3, -0.25) is 0 Å². The van der Waals surface area contributed by atoms with Gasteiger partial charge in [0.25, 0.3) is 0 Å². The van der Waals surface area contributed by atoms with Gasteiger partial charge < -0.3 is 4.90 Å². The van der Waals surface area contributed by atoms with Crippen molar-refractivity contribution in [2.75, 3.05) is 4.90 Å². The van der Waals surface area contributed by atoms with Crippen LogP contribution in [0.25, 0.3) is 77.2 Å². The average molecular weight is 687 g/mol. The molecule has 0 saturated heterocycles. The highest BCUT2D eigenvalue weighted by atomic mass is 15.1. The second-order valence-electron chi connectivity index (χ2n) is 14.0. The van der Waals surface area contributed by atoms with Gasteiger partial charge in [0.1, 0.15) is 0 Å². The predicted octanol–water partition coefficient (Wildman–Crippen LogP) is 14.3. The van der Waals surface area contributed by atoms with Gasteiger partial charge in [-0.05, 0) is 133 Å². The van der Waals surface area contributed by atoms with E-state index in [9.17, 15) is 5.26 Å². The number of fused-ring (bicyclic) bond motifs is 4. The van der Waals surface area contributed by atoms with Crippen LogP contribution in [0.4, 0.5) is 17.1 Å². The molecule has 9 aromatic carbocycles. The van der Waals surface area contributed by atoms with E-state index in [4.69, 9.17) is 0 Å². The van der Waals surface area contributed by atoms with Gasteiger partial charge >= 0.3 is 0 Å². The smallest absolute Gasteiger partial charge is 0.0991 e. The summed E-state index contributed by atoms with van der Waals surface area (Å²) in [4.78, 5) is 2.27. The standard InChI is InChI=1S/C52H34N2/c1-34-22-26-39(27-23-34)54(40-28-24-35(33-53)25-29-40)41-17-10-16-38(32-41)42-30-31-47-50-43(42)20-11-21-46(50)51-48(36-12-4-2-5-13-36)44-18-8-9-19-45(44)49(52(47)51)37-14-6-3-7-15-37/h2-32H,1H3. The van der Waals surface area contributed by atoms with Gasteiger partial charge in [0.15, 0.2) is 0 Å². The Morgan fingerprint density at radius 1 is 0.389 bits per heavy atom. The molecule has 0 atom stereocenters. The van der Waals surface area contributed by atoms with E-state index in [-0.39, 0.29) is 0 Å². The van der Waals surface area contributed by atoms with E-state index < -0.39 is 0 Å². The first-order valence-electron chi connectivity index (χ1n) is 18.4. The van der Waals surface area contributed by atoms with E-state index in [1.165, 1.54) is 77.2 Å². The van der Waals surface area contributed by atoms with E-state index in [2.05, 4.69) is 182 Å². The molecule has 0 spiro atoms. The second-order valence-corrected chi connectivity index (χ2v) is 14.0. The number of rotatable bonds is 6. The molecule has 10 rings (SSSR count). The number of hydrogen-bond donors (Lipinski definition) is 0. The molecule has 0 N–H and O–H groups in total. The maximum Gasteiger partial charge on any atom is 0.0991 e. The summed E-state index contributed by atoms with van der Waals surface area (Å²) in [7, 11) is 0. The van der Waals surface area contributed by atoms with Crippen LogP contribution >= 0.6 is 0 Å². The summed E-state index contributed by atoms with van der Waals surface area (Å²) in [5, 5.41) is 14.6. The van der Waals surface area contributed by atoms with E-state index in [0.29, 0.717) is 5.56 Å². The van der Waals surface area contributed by atoms with Crippen molar-refractivity contribution < 1.29 is 0 Å². The zero-order chi connectivity index (χ0) is 36.2. The Kier molecular flexibility index (Phi) is 7.46. The number of hydrogen-bond acceptors (Lipinski definition) is 2. The van der Waals surface area contributed by atoms with Crippen LogP contribution in [0.2, 0.25) is 0 Å². The van der Waals surface area contributed by atoms with Crippen molar-refractivity contribution >= 4 is 38.6 Å². The lowest BCUT2D eigenvalue weighted by Gasteiger charge is -2.26. The fourth-order valence-corrected chi connectivity index (χ4v) is 8.50. The molecule has 0 fully saturated rings. The number of nitriles is 1. The van der Waals surface area contributed by atoms with Gasteiger partial charge in [0.2, 0.25) is 0 Å². The Hall–Kier alpha value is -7.21. The first kappa shape index (κ1) is 31.5. The lowest BCUT2D eigenvalue weighted by atomic mass is 9.82. The third kappa shape index (κ3) is 5.02. The lowest BCUT2D eigenvalue weighted by molar-refractivity contribution is 1.27. The molecule has 0 bridgehead atoms. The van der Waals surface area contributed by atoms with Crippen molar-refractivity contribution in [2.45, 2.75) is 6.92 Å². The summed E-state index contributed by atoms with van der Waals surface area (Å²) >= 11 is 0. The largest absolute Gasteiger partial charge is 0.310 e. The first-order valence-corrected chi connectivity index (χ1v) is 18.4. The third-order valence-electron chi connectivity index (χ3n) is 10.9. The van der Waals surface area contributed by atoms with Crippen molar-refractivity contribution in [1.82, 2.24) is 0 Å². The molecule has 0 saturated carbocycles. The van der Waals surface area contributed by atoms with Gasteiger partial charge in [0, 0.05) is 17.1 Å². The van der Waals surface area contributed by atoms with Crippen LogP contribution in [-0.2, 0) is 0 Å². The molecule has 1 aliphatic rings. The fraction of sp³-hybridized carbons (Fsp3) is 0.0192. The van der Waals surface area contributed by atoms with Crippen LogP contribution in [0.1, 0.15) is 11.1 Å². The SMILES string of the molecule is Cc1ccc(N(c2ccc(C#N)cc2)c2cccc(-c3ccc4c5c(cccc35)-c3c-4c(-c4ccccc4)c4ccccc4c3-c3ccccc3)c2)cc1. The summed E-state index contributed by atoms with van der Waals surface area (Å²) in [5.74, 6) is 0. The quantitative estimate of drug-likeness (QED) is 0.174. The van der Waals surface area contributed by atoms with Gasteiger partial charge in [-0.1, -0.05) is 145 Å². The molecule has 54 heavy (non-hydrogen) atoms. The molecule has 9 aromatic rings. The molecule has 2 heteroatoms. The monoisotopic (exact) mass is 686 g/mol. The van der Waals surface area contributed by atoms with Crippen LogP contribution in [0.5, 0.6) is 0 Å². The maximum atomic E-state index is 9.51. The minimum atomic E-state index is 0.643. The van der Waals surface area contributed by atoms with Crippen LogP contribution in [-0.4, -0.2) is 0 Å². The average Bonchev–Trinajstić information content (AvgIpc) is 3.56. The van der Waals surface area contributed by atoms with E-state index in [0.717, 1.165) is 22.6 Å². The molecule has 252 valence electrons. The van der Waals surface area contributed by atoms with E-state index in [1.807, 2.05) is 24.3 Å². The Morgan fingerprint density at radius 2 is 0.889 bits per heavy atom. The number of benzene rings is 9. The van der Waals surface area contributed by atoms with Crippen molar-refractivity contribution in [1.29, 1.82) is 5.26 Å². The van der Waals surface area contributed by atoms with Crippen LogP contribution in [0.3, 0.4) is 0 Å². The number of nitrogens with zero attached hydrogens (tertiary/aromatic N) is 2. The van der Waals surface area contributed by atoms with Crippen LogP contribution < -0.4 is 4.90 Å². The topological polar surface area (TPSA) is 27.0 Å². The second kappa shape index (κ2) is 12.8. The Balaban J connectivity index is 1.22. The Labute approximate surface area is 315 Å². The van der Waals surface area contributed by atoms with Crippen LogP contribution in [0, 0.1) is 18.3 Å². The Bertz CT molecular complexity index is 2830. The van der Waals surface area contributed by atoms with Gasteiger partial charge in [-0.25, -0.2) is 0 Å². The van der Waals surface area contributed by atoms with E-state index >= 15 is 0 Å². The van der Waals surface area contributed by atoms with Crippen molar-refractivity contribution in [3.05, 3.63) is 199 Å².